The van der Waals surface area contributed by atoms with Gasteiger partial charge in [0.15, 0.2) is 0 Å². The molecule has 1 atom stereocenters. The van der Waals surface area contributed by atoms with Crippen molar-refractivity contribution in [3.8, 4) is 0 Å². The first-order valence-corrected chi connectivity index (χ1v) is 13.2. The molecule has 2 fully saturated rings. The Bertz CT molecular complexity index is 1050. The van der Waals surface area contributed by atoms with E-state index in [0.717, 1.165) is 50.1 Å². The van der Waals surface area contributed by atoms with Crippen molar-refractivity contribution in [2.75, 3.05) is 32.8 Å². The SMILES string of the molecule is CCN(CC1CCCO1)C(=O)CCc1nc2cc(S(=O)(=O)N3CCCCC3)ccc2n1C. The van der Waals surface area contributed by atoms with E-state index in [2.05, 4.69) is 4.98 Å². The average molecular weight is 463 g/mol. The molecule has 0 spiro atoms. The van der Waals surface area contributed by atoms with E-state index < -0.39 is 10.0 Å². The number of likely N-dealkylation sites (N-methyl/N-ethyl adjacent to an activating group) is 1. The molecule has 2 aliphatic heterocycles. The van der Waals surface area contributed by atoms with E-state index in [1.54, 1.807) is 16.4 Å². The monoisotopic (exact) mass is 462 g/mol. The number of imidazole rings is 1. The zero-order chi connectivity index (χ0) is 22.7. The number of carbonyl (C=O) groups is 1. The number of hydrogen-bond acceptors (Lipinski definition) is 5. The largest absolute Gasteiger partial charge is 0.376 e. The first-order chi connectivity index (χ1) is 15.4. The molecule has 1 unspecified atom stereocenters. The van der Waals surface area contributed by atoms with Crippen molar-refractivity contribution >= 4 is 27.0 Å². The Morgan fingerprint density at radius 1 is 1.22 bits per heavy atom. The molecule has 4 rings (SSSR count). The Kier molecular flexibility index (Phi) is 7.17. The van der Waals surface area contributed by atoms with E-state index in [4.69, 9.17) is 4.74 Å². The van der Waals surface area contributed by atoms with Gasteiger partial charge in [-0.2, -0.15) is 4.31 Å². The molecular formula is C23H34N4O4S. The smallest absolute Gasteiger partial charge is 0.243 e. The minimum atomic E-state index is -3.50. The zero-order valence-electron chi connectivity index (χ0n) is 19.1. The normalized spacial score (nSPS) is 20.1. The van der Waals surface area contributed by atoms with E-state index in [1.165, 1.54) is 0 Å². The van der Waals surface area contributed by atoms with Crippen LogP contribution in [0.4, 0.5) is 0 Å². The van der Waals surface area contributed by atoms with Gasteiger partial charge in [-0.1, -0.05) is 6.42 Å². The fourth-order valence-electron chi connectivity index (χ4n) is 4.69. The Hall–Kier alpha value is -1.97. The molecule has 32 heavy (non-hydrogen) atoms. The first kappa shape index (κ1) is 23.2. The summed E-state index contributed by atoms with van der Waals surface area (Å²) < 4.78 is 35.2. The summed E-state index contributed by atoms with van der Waals surface area (Å²) in [6, 6.07) is 5.16. The molecule has 0 radical (unpaired) electrons. The summed E-state index contributed by atoms with van der Waals surface area (Å²) in [5.41, 5.74) is 1.52. The second-order valence-corrected chi connectivity index (χ2v) is 10.7. The van der Waals surface area contributed by atoms with Gasteiger partial charge in [-0.3, -0.25) is 4.79 Å². The predicted octanol–water partition coefficient (Wildman–Crippen LogP) is 2.71. The maximum absolute atomic E-state index is 13.0. The second-order valence-electron chi connectivity index (χ2n) is 8.77. The Balaban J connectivity index is 1.46. The van der Waals surface area contributed by atoms with Gasteiger partial charge in [0.1, 0.15) is 5.82 Å². The summed E-state index contributed by atoms with van der Waals surface area (Å²) in [5, 5.41) is 0. The van der Waals surface area contributed by atoms with E-state index in [-0.39, 0.29) is 12.0 Å². The Morgan fingerprint density at radius 2 is 2.00 bits per heavy atom. The lowest BCUT2D eigenvalue weighted by Gasteiger charge is -2.25. The predicted molar refractivity (Wildman–Crippen MR) is 123 cm³/mol. The van der Waals surface area contributed by atoms with Crippen molar-refractivity contribution in [3.05, 3.63) is 24.0 Å². The first-order valence-electron chi connectivity index (χ1n) is 11.7. The summed E-state index contributed by atoms with van der Waals surface area (Å²) in [6.07, 6.45) is 6.00. The lowest BCUT2D eigenvalue weighted by atomic mass is 10.2. The summed E-state index contributed by atoms with van der Waals surface area (Å²) in [4.78, 5) is 19.6. The molecule has 0 aliphatic carbocycles. The van der Waals surface area contributed by atoms with Crippen LogP contribution in [0, 0.1) is 0 Å². The van der Waals surface area contributed by atoms with Gasteiger partial charge in [0.2, 0.25) is 15.9 Å². The summed E-state index contributed by atoms with van der Waals surface area (Å²) >= 11 is 0. The fourth-order valence-corrected chi connectivity index (χ4v) is 6.22. The van der Waals surface area contributed by atoms with Crippen LogP contribution in [0.1, 0.15) is 51.3 Å². The van der Waals surface area contributed by atoms with Crippen molar-refractivity contribution in [2.24, 2.45) is 7.05 Å². The molecule has 0 bridgehead atoms. The van der Waals surface area contributed by atoms with Crippen LogP contribution in [-0.4, -0.2) is 72.0 Å². The van der Waals surface area contributed by atoms with Crippen molar-refractivity contribution in [3.63, 3.8) is 0 Å². The maximum Gasteiger partial charge on any atom is 0.243 e. The number of aryl methyl sites for hydroxylation is 2. The number of rotatable bonds is 8. The zero-order valence-corrected chi connectivity index (χ0v) is 19.9. The molecule has 2 aliphatic rings. The number of piperidine rings is 1. The summed E-state index contributed by atoms with van der Waals surface area (Å²) in [6.45, 7) is 5.25. The highest BCUT2D eigenvalue weighted by molar-refractivity contribution is 7.89. The van der Waals surface area contributed by atoms with Crippen molar-refractivity contribution in [2.45, 2.75) is 62.9 Å². The van der Waals surface area contributed by atoms with E-state index in [1.807, 2.05) is 29.5 Å². The van der Waals surface area contributed by atoms with Crippen LogP contribution in [0.15, 0.2) is 23.1 Å². The molecule has 0 saturated carbocycles. The summed E-state index contributed by atoms with van der Waals surface area (Å²) in [5.74, 6) is 0.887. The van der Waals surface area contributed by atoms with Gasteiger partial charge in [-0.05, 0) is 50.8 Å². The third kappa shape index (κ3) is 4.84. The number of nitrogens with zero attached hydrogens (tertiary/aromatic N) is 4. The van der Waals surface area contributed by atoms with Crippen LogP contribution in [0.25, 0.3) is 11.0 Å². The van der Waals surface area contributed by atoms with Gasteiger partial charge >= 0.3 is 0 Å². The van der Waals surface area contributed by atoms with E-state index in [0.29, 0.717) is 49.4 Å². The standard InChI is InChI=1S/C23H34N4O4S/c1-3-26(17-18-8-7-15-31-18)23(28)12-11-22-24-20-16-19(9-10-21(20)25(22)2)32(29,30)27-13-5-4-6-14-27/h9-10,16,18H,3-8,11-15,17H2,1-2H3. The highest BCUT2D eigenvalue weighted by Gasteiger charge is 2.27. The van der Waals surface area contributed by atoms with E-state index in [9.17, 15) is 13.2 Å². The number of fused-ring (bicyclic) bond motifs is 1. The molecule has 3 heterocycles. The minimum absolute atomic E-state index is 0.100. The number of carbonyl (C=O) groups excluding carboxylic acids is 1. The van der Waals surface area contributed by atoms with Crippen molar-refractivity contribution in [1.29, 1.82) is 0 Å². The maximum atomic E-state index is 13.0. The topological polar surface area (TPSA) is 84.7 Å². The van der Waals surface area contributed by atoms with Gasteiger partial charge in [-0.15, -0.1) is 0 Å². The molecule has 1 amide bonds. The van der Waals surface area contributed by atoms with Crippen molar-refractivity contribution < 1.29 is 17.9 Å². The fraction of sp³-hybridized carbons (Fsp3) is 0.652. The van der Waals surface area contributed by atoms with Crippen LogP contribution < -0.4 is 0 Å². The Morgan fingerprint density at radius 3 is 2.69 bits per heavy atom. The van der Waals surface area contributed by atoms with Crippen LogP contribution in [0.2, 0.25) is 0 Å². The molecule has 1 aromatic carbocycles. The summed E-state index contributed by atoms with van der Waals surface area (Å²) in [7, 11) is -1.58. The van der Waals surface area contributed by atoms with Gasteiger partial charge in [0.25, 0.3) is 0 Å². The second kappa shape index (κ2) is 9.89. The highest BCUT2D eigenvalue weighted by Crippen LogP contribution is 2.25. The number of aromatic nitrogens is 2. The van der Waals surface area contributed by atoms with Crippen molar-refractivity contribution in [1.82, 2.24) is 18.8 Å². The molecule has 8 nitrogen and oxygen atoms in total. The number of sulfonamides is 1. The molecule has 176 valence electrons. The number of benzene rings is 1. The molecule has 2 aromatic rings. The van der Waals surface area contributed by atoms with Gasteiger partial charge < -0.3 is 14.2 Å². The quantitative estimate of drug-likeness (QED) is 0.602. The Labute approximate surface area is 190 Å². The lowest BCUT2D eigenvalue weighted by molar-refractivity contribution is -0.132. The van der Waals surface area contributed by atoms with Gasteiger partial charge in [-0.25, -0.2) is 13.4 Å². The lowest BCUT2D eigenvalue weighted by Crippen LogP contribution is -2.37. The van der Waals surface area contributed by atoms with Crippen LogP contribution in [0.5, 0.6) is 0 Å². The van der Waals surface area contributed by atoms with Gasteiger partial charge in [0.05, 0.1) is 22.0 Å². The van der Waals surface area contributed by atoms with Gasteiger partial charge in [0, 0.05) is 52.7 Å². The number of ether oxygens (including phenoxy) is 1. The van der Waals surface area contributed by atoms with Crippen LogP contribution in [0.3, 0.4) is 0 Å². The molecular weight excluding hydrogens is 428 g/mol. The molecule has 2 saturated heterocycles. The average Bonchev–Trinajstić information content (AvgIpc) is 3.44. The molecule has 0 N–H and O–H groups in total. The third-order valence-electron chi connectivity index (χ3n) is 6.64. The number of hydrogen-bond donors (Lipinski definition) is 0. The highest BCUT2D eigenvalue weighted by atomic mass is 32.2. The number of amides is 1. The minimum Gasteiger partial charge on any atom is -0.376 e. The molecule has 1 aromatic heterocycles. The van der Waals surface area contributed by atoms with Crippen LogP contribution in [-0.2, 0) is 33.0 Å². The van der Waals surface area contributed by atoms with Crippen LogP contribution >= 0.6 is 0 Å². The molecule has 9 heteroatoms. The third-order valence-corrected chi connectivity index (χ3v) is 8.54. The van der Waals surface area contributed by atoms with E-state index >= 15 is 0 Å².